The van der Waals surface area contributed by atoms with Crippen molar-refractivity contribution in [2.24, 2.45) is 0 Å². The van der Waals surface area contributed by atoms with Crippen LogP contribution in [-0.2, 0) is 0 Å². The van der Waals surface area contributed by atoms with E-state index in [0.29, 0.717) is 17.0 Å². The van der Waals surface area contributed by atoms with Crippen LogP contribution in [0.1, 0.15) is 5.56 Å². The van der Waals surface area contributed by atoms with E-state index in [4.69, 9.17) is 9.68 Å². The number of fused-ring (bicyclic) bond motifs is 4. The van der Waals surface area contributed by atoms with E-state index in [9.17, 15) is 0 Å². The van der Waals surface area contributed by atoms with Gasteiger partial charge >= 0.3 is 0 Å². The molecule has 3 aromatic heterocycles. The molecule has 24 heavy (non-hydrogen) atoms. The Morgan fingerprint density at radius 1 is 1.04 bits per heavy atom. The highest BCUT2D eigenvalue weighted by Crippen LogP contribution is 2.32. The van der Waals surface area contributed by atoms with Crippen LogP contribution in [0.4, 0.5) is 0 Å². The smallest absolute Gasteiger partial charge is 0.173 e. The first-order chi connectivity index (χ1) is 11.8. The summed E-state index contributed by atoms with van der Waals surface area (Å²) in [6.07, 6.45) is 3.18. The Hall–Kier alpha value is -3.65. The summed E-state index contributed by atoms with van der Waals surface area (Å²) in [7, 11) is 0. The van der Waals surface area contributed by atoms with Crippen molar-refractivity contribution in [1.82, 2.24) is 14.6 Å². The van der Waals surface area contributed by atoms with Crippen LogP contribution in [0.3, 0.4) is 0 Å². The summed E-state index contributed by atoms with van der Waals surface area (Å²) in [6, 6.07) is 18.2. The molecule has 0 aliphatic rings. The van der Waals surface area contributed by atoms with Crippen molar-refractivity contribution in [2.45, 2.75) is 0 Å². The molecule has 0 amide bonds. The number of hydrogen-bond donors (Lipinski definition) is 0. The minimum Gasteiger partial charge on any atom is -0.454 e. The Kier molecular flexibility index (Phi) is 2.50. The van der Waals surface area contributed by atoms with Gasteiger partial charge in [-0.05, 0) is 29.0 Å². The van der Waals surface area contributed by atoms with E-state index in [2.05, 4.69) is 34.4 Å². The van der Waals surface area contributed by atoms with Gasteiger partial charge in [0.1, 0.15) is 22.9 Å². The third kappa shape index (κ3) is 1.68. The normalized spacial score (nSPS) is 11.3. The fourth-order valence-electron chi connectivity index (χ4n) is 3.08. The third-order valence-electron chi connectivity index (χ3n) is 4.20. The molecule has 0 bridgehead atoms. The van der Waals surface area contributed by atoms with Crippen LogP contribution in [0, 0.1) is 11.3 Å². The summed E-state index contributed by atoms with van der Waals surface area (Å²) in [5, 5.41) is 16.8. The van der Waals surface area contributed by atoms with Crippen LogP contribution < -0.4 is 0 Å². The number of hydrogen-bond acceptors (Lipinski definition) is 4. The number of benzene rings is 2. The maximum atomic E-state index is 9.15. The molecule has 0 radical (unpaired) electrons. The van der Waals surface area contributed by atoms with Crippen molar-refractivity contribution in [1.29, 1.82) is 5.26 Å². The van der Waals surface area contributed by atoms with E-state index in [-0.39, 0.29) is 0 Å². The molecule has 5 heteroatoms. The van der Waals surface area contributed by atoms with Crippen LogP contribution in [0.25, 0.3) is 38.8 Å². The molecular weight excluding hydrogens is 300 g/mol. The standard InChI is InChI=1S/C19H10N4O/c20-10-13-11-22-23-16(7-8-21-19(13)23)18-9-15-14-4-2-1-3-12(14)5-6-17(15)24-18/h1-9,11H. The maximum absolute atomic E-state index is 9.15. The van der Waals surface area contributed by atoms with Crippen LogP contribution in [0.5, 0.6) is 0 Å². The Balaban J connectivity index is 1.83. The van der Waals surface area contributed by atoms with Crippen molar-refractivity contribution in [3.8, 4) is 17.5 Å². The zero-order valence-electron chi connectivity index (χ0n) is 12.5. The Morgan fingerprint density at radius 2 is 1.96 bits per heavy atom. The highest BCUT2D eigenvalue weighted by Gasteiger charge is 2.14. The second-order valence-electron chi connectivity index (χ2n) is 5.54. The molecule has 0 fully saturated rings. The fourth-order valence-corrected chi connectivity index (χ4v) is 3.08. The average molecular weight is 310 g/mol. The number of rotatable bonds is 1. The first-order valence-electron chi connectivity index (χ1n) is 7.50. The molecule has 2 aromatic carbocycles. The summed E-state index contributed by atoms with van der Waals surface area (Å²) in [5.41, 5.74) is 2.56. The van der Waals surface area contributed by atoms with Crippen LogP contribution in [0.2, 0.25) is 0 Å². The molecule has 0 spiro atoms. The molecule has 112 valence electrons. The molecule has 0 saturated heterocycles. The van der Waals surface area contributed by atoms with Gasteiger partial charge < -0.3 is 4.42 Å². The van der Waals surface area contributed by atoms with Crippen molar-refractivity contribution < 1.29 is 4.42 Å². The zero-order chi connectivity index (χ0) is 16.1. The van der Waals surface area contributed by atoms with Gasteiger partial charge in [-0.15, -0.1) is 0 Å². The van der Waals surface area contributed by atoms with Crippen molar-refractivity contribution >= 4 is 27.4 Å². The van der Waals surface area contributed by atoms with Crippen molar-refractivity contribution in [3.05, 3.63) is 66.5 Å². The van der Waals surface area contributed by atoms with Gasteiger partial charge in [0, 0.05) is 11.6 Å². The first kappa shape index (κ1) is 12.9. The summed E-state index contributed by atoms with van der Waals surface area (Å²) in [6.45, 7) is 0. The van der Waals surface area contributed by atoms with Gasteiger partial charge in [-0.1, -0.05) is 30.3 Å². The fraction of sp³-hybridized carbons (Fsp3) is 0. The van der Waals surface area contributed by atoms with E-state index in [1.807, 2.05) is 30.3 Å². The molecule has 3 heterocycles. The number of aromatic nitrogens is 3. The largest absolute Gasteiger partial charge is 0.454 e. The number of furan rings is 1. The topological polar surface area (TPSA) is 67.1 Å². The molecule has 0 N–H and O–H groups in total. The molecule has 5 nitrogen and oxygen atoms in total. The molecule has 0 saturated carbocycles. The quantitative estimate of drug-likeness (QED) is 0.466. The number of nitrogens with zero attached hydrogens (tertiary/aromatic N) is 4. The molecule has 5 aromatic rings. The molecule has 5 rings (SSSR count). The van der Waals surface area contributed by atoms with E-state index >= 15 is 0 Å². The summed E-state index contributed by atoms with van der Waals surface area (Å²) < 4.78 is 7.68. The molecule has 0 atom stereocenters. The number of nitriles is 1. The van der Waals surface area contributed by atoms with Gasteiger partial charge in [-0.25, -0.2) is 9.50 Å². The third-order valence-corrected chi connectivity index (χ3v) is 4.20. The summed E-state index contributed by atoms with van der Waals surface area (Å²) in [4.78, 5) is 4.24. The summed E-state index contributed by atoms with van der Waals surface area (Å²) >= 11 is 0. The van der Waals surface area contributed by atoms with Crippen LogP contribution in [0.15, 0.2) is 65.3 Å². The lowest BCUT2D eigenvalue weighted by molar-refractivity contribution is 0.625. The maximum Gasteiger partial charge on any atom is 0.173 e. The van der Waals surface area contributed by atoms with E-state index in [1.54, 1.807) is 10.7 Å². The van der Waals surface area contributed by atoms with Gasteiger partial charge in [-0.2, -0.15) is 10.4 Å². The first-order valence-corrected chi connectivity index (χ1v) is 7.50. The Bertz CT molecular complexity index is 1270. The SMILES string of the molecule is N#Cc1cnn2c(-c3cc4c(ccc5ccccc54)o3)ccnc12. The van der Waals surface area contributed by atoms with Crippen molar-refractivity contribution in [3.63, 3.8) is 0 Å². The van der Waals surface area contributed by atoms with Gasteiger partial charge in [0.15, 0.2) is 11.4 Å². The van der Waals surface area contributed by atoms with Crippen LogP contribution >= 0.6 is 0 Å². The van der Waals surface area contributed by atoms with E-state index in [1.165, 1.54) is 11.6 Å². The Labute approximate surface area is 136 Å². The predicted octanol–water partition coefficient (Wildman–Crippen LogP) is 4.17. The average Bonchev–Trinajstić information content (AvgIpc) is 3.25. The van der Waals surface area contributed by atoms with Crippen LogP contribution in [-0.4, -0.2) is 14.6 Å². The lowest BCUT2D eigenvalue weighted by Gasteiger charge is -2.00. The van der Waals surface area contributed by atoms with Gasteiger partial charge in [0.25, 0.3) is 0 Å². The van der Waals surface area contributed by atoms with Gasteiger partial charge in [-0.3, -0.25) is 0 Å². The molecular formula is C19H10N4O. The van der Waals surface area contributed by atoms with Crippen molar-refractivity contribution in [2.75, 3.05) is 0 Å². The minimum atomic E-state index is 0.443. The summed E-state index contributed by atoms with van der Waals surface area (Å²) in [5.74, 6) is 0.696. The lowest BCUT2D eigenvalue weighted by Crippen LogP contribution is -1.94. The lowest BCUT2D eigenvalue weighted by atomic mass is 10.1. The molecule has 0 aliphatic carbocycles. The minimum absolute atomic E-state index is 0.443. The predicted molar refractivity (Wildman–Crippen MR) is 90.4 cm³/mol. The highest BCUT2D eigenvalue weighted by molar-refractivity contribution is 6.06. The monoisotopic (exact) mass is 310 g/mol. The van der Waals surface area contributed by atoms with E-state index < -0.39 is 0 Å². The van der Waals surface area contributed by atoms with E-state index in [0.717, 1.165) is 22.0 Å². The highest BCUT2D eigenvalue weighted by atomic mass is 16.3. The Morgan fingerprint density at radius 3 is 2.88 bits per heavy atom. The zero-order valence-corrected chi connectivity index (χ0v) is 12.5. The second kappa shape index (κ2) is 4.67. The van der Waals surface area contributed by atoms with Gasteiger partial charge in [0.05, 0.1) is 6.20 Å². The second-order valence-corrected chi connectivity index (χ2v) is 5.54. The molecule has 0 aliphatic heterocycles. The molecule has 0 unspecified atom stereocenters. The van der Waals surface area contributed by atoms with Gasteiger partial charge in [0.2, 0.25) is 0 Å².